The number of ether oxygens (including phenoxy) is 2. The number of nitrogens with zero attached hydrogens (tertiary/aromatic N) is 6. The van der Waals surface area contributed by atoms with Gasteiger partial charge in [-0.1, -0.05) is 30.7 Å². The molecule has 6 heterocycles. The van der Waals surface area contributed by atoms with Gasteiger partial charge in [-0.2, -0.15) is 4.98 Å². The highest BCUT2D eigenvalue weighted by molar-refractivity contribution is 6.33. The summed E-state index contributed by atoms with van der Waals surface area (Å²) in [4.78, 5) is 78.0. The Morgan fingerprint density at radius 3 is 2.53 bits per heavy atom. The lowest BCUT2D eigenvalue weighted by Gasteiger charge is -2.47. The smallest absolute Gasteiger partial charge is 0.293 e. The van der Waals surface area contributed by atoms with Crippen molar-refractivity contribution in [3.8, 4) is 5.75 Å². The summed E-state index contributed by atoms with van der Waals surface area (Å²) in [5.74, 6) is -0.269. The Morgan fingerprint density at radius 2 is 1.80 bits per heavy atom. The molecule has 2 aromatic carbocycles. The van der Waals surface area contributed by atoms with Crippen LogP contribution in [0.1, 0.15) is 106 Å². The zero-order chi connectivity index (χ0) is 44.8. The van der Waals surface area contributed by atoms with Gasteiger partial charge in [-0.05, 0) is 100 Å². The molecule has 4 fully saturated rings. The first-order valence-electron chi connectivity index (χ1n) is 22.5. The minimum absolute atomic E-state index is 0.0915. The highest BCUT2D eigenvalue weighted by atomic mass is 35.5. The van der Waals surface area contributed by atoms with Gasteiger partial charge in [0, 0.05) is 73.7 Å². The minimum Gasteiger partial charge on any atom is -0.480 e. The molecule has 3 amide bonds. The summed E-state index contributed by atoms with van der Waals surface area (Å²) in [7, 11) is 0. The fourth-order valence-electron chi connectivity index (χ4n) is 9.86. The Labute approximate surface area is 375 Å². The Morgan fingerprint density at radius 1 is 1.00 bits per heavy atom. The highest BCUT2D eigenvalue weighted by Crippen LogP contribution is 2.39. The number of hydrogen-bond acceptors (Lipinski definition) is 12. The van der Waals surface area contributed by atoms with Crippen molar-refractivity contribution < 1.29 is 33.0 Å². The van der Waals surface area contributed by atoms with Gasteiger partial charge in [0.05, 0.1) is 23.9 Å². The lowest BCUT2D eigenvalue weighted by Crippen LogP contribution is -2.54. The molecule has 2 N–H and O–H groups in total. The van der Waals surface area contributed by atoms with Gasteiger partial charge in [0.1, 0.15) is 23.8 Å². The normalized spacial score (nSPS) is 24.2. The summed E-state index contributed by atoms with van der Waals surface area (Å²) in [5.41, 5.74) is 3.32. The molecule has 9 rings (SSSR count). The number of amides is 3. The molecule has 5 aliphatic rings. The van der Waals surface area contributed by atoms with E-state index in [4.69, 9.17) is 26.1 Å². The van der Waals surface area contributed by atoms with Gasteiger partial charge in [0.2, 0.25) is 17.8 Å². The second-order valence-electron chi connectivity index (χ2n) is 18.0. The molecule has 3 saturated heterocycles. The Kier molecular flexibility index (Phi) is 12.5. The first-order valence-corrected chi connectivity index (χ1v) is 22.9. The number of Topliss-reactive ketones (excluding diaryl/α,β-unsaturated/α-hetero) is 1. The quantitative estimate of drug-likeness (QED) is 0.146. The number of benzene rings is 2. The molecule has 3 atom stereocenters. The number of carbonyl (C=O) groups is 4. The molecule has 15 nitrogen and oxygen atoms in total. The van der Waals surface area contributed by atoms with Crippen LogP contribution in [0, 0.1) is 0 Å². The number of halogens is 2. The van der Waals surface area contributed by atoms with E-state index in [1.54, 1.807) is 23.8 Å². The molecule has 338 valence electrons. The third-order valence-electron chi connectivity index (χ3n) is 13.5. The van der Waals surface area contributed by atoms with E-state index in [9.17, 15) is 24.0 Å². The predicted molar refractivity (Wildman–Crippen MR) is 239 cm³/mol. The SMILES string of the molecule is CCC(=O)COc1cc2cc(Nc3nc(N4CCC(OC5CC(N6CC[C@@H](c7ccc8c(c7)C(=O)N(C7CCC(=O)NC7=O)C8)[C@@H](F)C6)C5)CC4)ncc3Cl)ccc2n(C(C)C)c1=O. The molecular formula is C47H54ClFN8O7. The maximum Gasteiger partial charge on any atom is 0.293 e. The summed E-state index contributed by atoms with van der Waals surface area (Å²) in [5, 5.41) is 6.78. The number of alkyl halides is 1. The number of nitrogens with one attached hydrogen (secondary N) is 2. The molecule has 2 aromatic heterocycles. The van der Waals surface area contributed by atoms with E-state index >= 15 is 4.39 Å². The van der Waals surface area contributed by atoms with Gasteiger partial charge >= 0.3 is 0 Å². The Hall–Kier alpha value is -5.45. The lowest BCUT2D eigenvalue weighted by atomic mass is 9.82. The topological polar surface area (TPSA) is 168 Å². The van der Waals surface area contributed by atoms with Crippen molar-refractivity contribution in [1.82, 2.24) is 29.7 Å². The first kappa shape index (κ1) is 43.8. The average Bonchev–Trinajstić information content (AvgIpc) is 3.59. The third-order valence-corrected chi connectivity index (χ3v) is 13.8. The van der Waals surface area contributed by atoms with Crippen LogP contribution in [0.2, 0.25) is 5.02 Å². The Balaban J connectivity index is 0.750. The van der Waals surface area contributed by atoms with Crippen molar-refractivity contribution in [2.75, 3.05) is 43.0 Å². The predicted octanol–water partition coefficient (Wildman–Crippen LogP) is 6.23. The number of rotatable bonds is 13. The van der Waals surface area contributed by atoms with Crippen LogP contribution in [0.5, 0.6) is 5.75 Å². The van der Waals surface area contributed by atoms with Crippen LogP contribution in [-0.4, -0.2) is 111 Å². The van der Waals surface area contributed by atoms with Gasteiger partial charge in [0.15, 0.2) is 17.4 Å². The van der Waals surface area contributed by atoms with Gasteiger partial charge in [-0.3, -0.25) is 34.2 Å². The number of piperidine rings is 3. The summed E-state index contributed by atoms with van der Waals surface area (Å²) in [6.07, 6.45) is 5.62. The van der Waals surface area contributed by atoms with Crippen LogP contribution in [0.15, 0.2) is 53.5 Å². The van der Waals surface area contributed by atoms with Crippen molar-refractivity contribution in [2.45, 2.75) is 121 Å². The fraction of sp³-hybridized carbons (Fsp3) is 0.511. The van der Waals surface area contributed by atoms with E-state index in [-0.39, 0.29) is 72.1 Å². The third kappa shape index (κ3) is 8.83. The monoisotopic (exact) mass is 896 g/mol. The second-order valence-corrected chi connectivity index (χ2v) is 18.4. The summed E-state index contributed by atoms with van der Waals surface area (Å²) in [6, 6.07) is 12.4. The molecule has 0 bridgehead atoms. The molecule has 1 unspecified atom stereocenters. The number of aromatic nitrogens is 3. The van der Waals surface area contributed by atoms with Crippen LogP contribution in [0.25, 0.3) is 10.9 Å². The van der Waals surface area contributed by atoms with Crippen LogP contribution in [0.3, 0.4) is 0 Å². The van der Waals surface area contributed by atoms with Gasteiger partial charge in [0.25, 0.3) is 11.5 Å². The van der Waals surface area contributed by atoms with Crippen molar-refractivity contribution >= 4 is 63.5 Å². The summed E-state index contributed by atoms with van der Waals surface area (Å²) >= 11 is 6.59. The van der Waals surface area contributed by atoms with Crippen LogP contribution >= 0.6 is 11.6 Å². The van der Waals surface area contributed by atoms with E-state index in [0.717, 1.165) is 54.3 Å². The number of anilines is 3. The lowest BCUT2D eigenvalue weighted by molar-refractivity contribution is -0.137. The maximum absolute atomic E-state index is 15.9. The molecule has 64 heavy (non-hydrogen) atoms. The number of carbonyl (C=O) groups excluding carboxylic acids is 4. The largest absolute Gasteiger partial charge is 0.480 e. The summed E-state index contributed by atoms with van der Waals surface area (Å²) in [6.45, 7) is 8.29. The van der Waals surface area contributed by atoms with Crippen LogP contribution < -0.4 is 25.8 Å². The minimum atomic E-state index is -1.07. The molecule has 1 saturated carbocycles. The van der Waals surface area contributed by atoms with Crippen molar-refractivity contribution in [3.05, 3.63) is 80.7 Å². The van der Waals surface area contributed by atoms with Crippen molar-refractivity contribution in [1.29, 1.82) is 0 Å². The number of hydrogen-bond donors (Lipinski definition) is 2. The van der Waals surface area contributed by atoms with E-state index in [1.165, 1.54) is 4.90 Å². The number of pyridine rings is 1. The Bertz CT molecular complexity index is 2540. The molecule has 0 spiro atoms. The number of imide groups is 1. The van der Waals surface area contributed by atoms with Gasteiger partial charge < -0.3 is 29.2 Å². The number of likely N-dealkylation sites (tertiary alicyclic amines) is 1. The zero-order valence-electron chi connectivity index (χ0n) is 36.4. The molecular weight excluding hydrogens is 843 g/mol. The molecule has 17 heteroatoms. The molecule has 1 aliphatic carbocycles. The molecule has 0 radical (unpaired) electrons. The maximum atomic E-state index is 15.9. The van der Waals surface area contributed by atoms with Gasteiger partial charge in [-0.15, -0.1) is 0 Å². The standard InChI is InChI=1S/C47H54ClFN8O7/c1-4-32(58)25-63-41-19-29-17-30(7-8-39(29)57(26(2)3)46(41)62)51-43-37(48)22-50-47(53-43)54-14-11-33(12-15-54)64-34-20-31(21-34)55-16-13-35(38(49)24-55)27-5-6-28-23-56(45(61)36(28)18-27)40-9-10-42(59)52-44(40)60/h5-8,17-19,22,26,31,33-35,38,40H,4,9-16,20-21,23-25H2,1-3H3,(H,50,51,53)(H,52,59,60)/t31?,34?,35-,38-,40?/m0/s1. The molecule has 4 aliphatic heterocycles. The molecule has 4 aromatic rings. The second kappa shape index (κ2) is 18.2. The first-order chi connectivity index (χ1) is 30.8. The highest BCUT2D eigenvalue weighted by Gasteiger charge is 2.43. The number of ketones is 1. The van der Waals surface area contributed by atoms with Crippen molar-refractivity contribution in [2.24, 2.45) is 0 Å². The van der Waals surface area contributed by atoms with E-state index in [2.05, 4.69) is 25.4 Å². The van der Waals surface area contributed by atoms with E-state index < -0.39 is 18.1 Å². The van der Waals surface area contributed by atoms with Crippen molar-refractivity contribution in [3.63, 3.8) is 0 Å². The average molecular weight is 897 g/mol. The van der Waals surface area contributed by atoms with Gasteiger partial charge in [-0.25, -0.2) is 9.37 Å². The zero-order valence-corrected chi connectivity index (χ0v) is 37.1. The van der Waals surface area contributed by atoms with Crippen LogP contribution in [-0.2, 0) is 25.7 Å². The van der Waals surface area contributed by atoms with E-state index in [0.29, 0.717) is 73.5 Å². The van der Waals surface area contributed by atoms with E-state index in [1.807, 2.05) is 50.2 Å². The fourth-order valence-corrected chi connectivity index (χ4v) is 10.00. The van der Waals surface area contributed by atoms with Crippen LogP contribution in [0.4, 0.5) is 21.8 Å². The number of fused-ring (bicyclic) bond motifs is 2. The summed E-state index contributed by atoms with van der Waals surface area (Å²) < 4.78 is 29.8.